The van der Waals surface area contributed by atoms with E-state index in [-0.39, 0.29) is 24.4 Å². The van der Waals surface area contributed by atoms with E-state index >= 15 is 0 Å². The summed E-state index contributed by atoms with van der Waals surface area (Å²) in [4.78, 5) is 0. The fraction of sp³-hybridized carbons (Fsp3) is 0.500. The summed E-state index contributed by atoms with van der Waals surface area (Å²) in [6, 6.07) is 4.10. The van der Waals surface area contributed by atoms with Gasteiger partial charge in [-0.25, -0.2) is 4.39 Å². The average Bonchev–Trinajstić information content (AvgIpc) is 2.17. The van der Waals surface area contributed by atoms with Crippen LogP contribution in [0.25, 0.3) is 0 Å². The van der Waals surface area contributed by atoms with E-state index in [2.05, 4.69) is 5.32 Å². The highest BCUT2D eigenvalue weighted by Gasteiger charge is 2.13. The maximum Gasteiger partial charge on any atom is 0.131 e. The van der Waals surface area contributed by atoms with Crippen molar-refractivity contribution >= 4 is 0 Å². The summed E-state index contributed by atoms with van der Waals surface area (Å²) in [5.41, 5.74) is 0.516. The van der Waals surface area contributed by atoms with Gasteiger partial charge in [-0.3, -0.25) is 0 Å². The Kier molecular flexibility index (Phi) is 4.71. The molecule has 0 spiro atoms. The van der Waals surface area contributed by atoms with E-state index in [1.165, 1.54) is 6.07 Å². The van der Waals surface area contributed by atoms with Gasteiger partial charge in [-0.1, -0.05) is 6.07 Å². The average molecular weight is 227 g/mol. The van der Waals surface area contributed by atoms with Crippen molar-refractivity contribution in [3.8, 4) is 5.75 Å². The Morgan fingerprint density at radius 1 is 1.38 bits per heavy atom. The first-order valence-corrected chi connectivity index (χ1v) is 5.40. The van der Waals surface area contributed by atoms with Crippen LogP contribution in [0.2, 0.25) is 0 Å². The Hall–Kier alpha value is -1.13. The minimum absolute atomic E-state index is 0.0724. The van der Waals surface area contributed by atoms with Crippen molar-refractivity contribution in [1.82, 2.24) is 5.32 Å². The Labute approximate surface area is 94.9 Å². The standard InChI is InChI=1S/C12H18FNO2/c1-8(5-6-15)14-9(2)11-4-3-10(16)7-12(11)13/h3-4,7-9,14-16H,5-6H2,1-2H3. The van der Waals surface area contributed by atoms with Crippen molar-refractivity contribution in [2.45, 2.75) is 32.4 Å². The number of aliphatic hydroxyl groups is 1. The predicted octanol–water partition coefficient (Wildman–Crippen LogP) is 1.95. The topological polar surface area (TPSA) is 52.5 Å². The summed E-state index contributed by atoms with van der Waals surface area (Å²) >= 11 is 0. The number of benzene rings is 1. The van der Waals surface area contributed by atoms with Crippen molar-refractivity contribution in [1.29, 1.82) is 0 Å². The molecule has 3 nitrogen and oxygen atoms in total. The summed E-state index contributed by atoms with van der Waals surface area (Å²) < 4.78 is 13.5. The molecule has 0 radical (unpaired) electrons. The maximum absolute atomic E-state index is 13.5. The number of rotatable bonds is 5. The van der Waals surface area contributed by atoms with E-state index in [0.29, 0.717) is 12.0 Å². The van der Waals surface area contributed by atoms with E-state index in [9.17, 15) is 4.39 Å². The van der Waals surface area contributed by atoms with Crippen LogP contribution in [-0.4, -0.2) is 22.9 Å². The van der Waals surface area contributed by atoms with Crippen molar-refractivity contribution in [3.05, 3.63) is 29.6 Å². The molecule has 1 rings (SSSR count). The molecule has 90 valence electrons. The lowest BCUT2D eigenvalue weighted by atomic mass is 10.1. The molecule has 3 N–H and O–H groups in total. The summed E-state index contributed by atoms with van der Waals surface area (Å²) in [5, 5.41) is 21.0. The largest absolute Gasteiger partial charge is 0.508 e. The highest BCUT2D eigenvalue weighted by atomic mass is 19.1. The minimum atomic E-state index is -0.420. The first-order valence-electron chi connectivity index (χ1n) is 5.40. The first-order chi connectivity index (χ1) is 7.54. The molecule has 0 aliphatic heterocycles. The van der Waals surface area contributed by atoms with Gasteiger partial charge >= 0.3 is 0 Å². The highest BCUT2D eigenvalue weighted by Crippen LogP contribution is 2.21. The van der Waals surface area contributed by atoms with Crippen LogP contribution in [0.1, 0.15) is 31.9 Å². The summed E-state index contributed by atoms with van der Waals surface area (Å²) in [7, 11) is 0. The van der Waals surface area contributed by atoms with Crippen molar-refractivity contribution < 1.29 is 14.6 Å². The number of phenols is 1. The molecular formula is C12H18FNO2. The second-order valence-corrected chi connectivity index (χ2v) is 4.01. The van der Waals surface area contributed by atoms with Gasteiger partial charge in [-0.05, 0) is 26.3 Å². The fourth-order valence-electron chi connectivity index (χ4n) is 1.66. The molecule has 0 saturated carbocycles. The maximum atomic E-state index is 13.5. The lowest BCUT2D eigenvalue weighted by Crippen LogP contribution is -2.30. The monoisotopic (exact) mass is 227 g/mol. The quantitative estimate of drug-likeness (QED) is 0.720. The molecule has 0 aliphatic carbocycles. The number of halogens is 1. The third-order valence-electron chi connectivity index (χ3n) is 2.55. The zero-order valence-corrected chi connectivity index (χ0v) is 9.57. The van der Waals surface area contributed by atoms with Crippen LogP contribution in [0, 0.1) is 5.82 Å². The van der Waals surface area contributed by atoms with E-state index in [4.69, 9.17) is 10.2 Å². The van der Waals surface area contributed by atoms with E-state index < -0.39 is 5.82 Å². The van der Waals surface area contributed by atoms with Gasteiger partial charge in [-0.2, -0.15) is 0 Å². The minimum Gasteiger partial charge on any atom is -0.508 e. The van der Waals surface area contributed by atoms with Gasteiger partial charge in [0, 0.05) is 30.3 Å². The molecule has 2 atom stereocenters. The molecule has 0 amide bonds. The van der Waals surface area contributed by atoms with Crippen LogP contribution >= 0.6 is 0 Å². The zero-order valence-electron chi connectivity index (χ0n) is 9.57. The van der Waals surface area contributed by atoms with Crippen molar-refractivity contribution in [3.63, 3.8) is 0 Å². The van der Waals surface area contributed by atoms with Gasteiger partial charge in [0.15, 0.2) is 0 Å². The fourth-order valence-corrected chi connectivity index (χ4v) is 1.66. The second kappa shape index (κ2) is 5.82. The number of hydrogen-bond donors (Lipinski definition) is 3. The highest BCUT2D eigenvalue weighted by molar-refractivity contribution is 5.29. The van der Waals surface area contributed by atoms with Gasteiger partial charge < -0.3 is 15.5 Å². The lowest BCUT2D eigenvalue weighted by molar-refractivity contribution is 0.264. The Balaban J connectivity index is 2.69. The number of aromatic hydroxyl groups is 1. The van der Waals surface area contributed by atoms with Gasteiger partial charge in [0.25, 0.3) is 0 Å². The van der Waals surface area contributed by atoms with Crippen molar-refractivity contribution in [2.75, 3.05) is 6.61 Å². The molecule has 0 heterocycles. The predicted molar refractivity (Wildman–Crippen MR) is 60.8 cm³/mol. The van der Waals surface area contributed by atoms with E-state index in [0.717, 1.165) is 6.07 Å². The normalized spacial score (nSPS) is 14.8. The SMILES string of the molecule is CC(CCO)NC(C)c1ccc(O)cc1F. The van der Waals surface area contributed by atoms with E-state index in [1.807, 2.05) is 13.8 Å². The lowest BCUT2D eigenvalue weighted by Gasteiger charge is -2.20. The van der Waals surface area contributed by atoms with Gasteiger partial charge in [0.2, 0.25) is 0 Å². The molecule has 1 aromatic rings. The molecule has 0 fully saturated rings. The van der Waals surface area contributed by atoms with Crippen LogP contribution in [0.15, 0.2) is 18.2 Å². The third kappa shape index (κ3) is 3.47. The third-order valence-corrected chi connectivity index (χ3v) is 2.55. The Morgan fingerprint density at radius 3 is 2.62 bits per heavy atom. The van der Waals surface area contributed by atoms with Gasteiger partial charge in [-0.15, -0.1) is 0 Å². The summed E-state index contributed by atoms with van der Waals surface area (Å²) in [6.45, 7) is 3.90. The van der Waals surface area contributed by atoms with Gasteiger partial charge in [0.1, 0.15) is 11.6 Å². The van der Waals surface area contributed by atoms with Crippen LogP contribution < -0.4 is 5.32 Å². The zero-order chi connectivity index (χ0) is 12.1. The number of phenolic OH excluding ortho intramolecular Hbond substituents is 1. The molecule has 2 unspecified atom stereocenters. The van der Waals surface area contributed by atoms with Crippen LogP contribution in [0.5, 0.6) is 5.75 Å². The number of aliphatic hydroxyl groups excluding tert-OH is 1. The molecule has 1 aromatic carbocycles. The molecule has 16 heavy (non-hydrogen) atoms. The molecule has 0 saturated heterocycles. The number of hydrogen-bond acceptors (Lipinski definition) is 3. The summed E-state index contributed by atoms with van der Waals surface area (Å²) in [5.74, 6) is -0.493. The summed E-state index contributed by atoms with van der Waals surface area (Å²) in [6.07, 6.45) is 0.629. The molecule has 4 heteroatoms. The number of nitrogens with one attached hydrogen (secondary N) is 1. The smallest absolute Gasteiger partial charge is 0.131 e. The van der Waals surface area contributed by atoms with Crippen LogP contribution in [0.3, 0.4) is 0 Å². The molecule has 0 aromatic heterocycles. The van der Waals surface area contributed by atoms with E-state index in [1.54, 1.807) is 6.07 Å². The Bertz CT molecular complexity index is 344. The molecule has 0 bridgehead atoms. The first kappa shape index (κ1) is 12.9. The molecule has 0 aliphatic rings. The second-order valence-electron chi connectivity index (χ2n) is 4.01. The molecular weight excluding hydrogens is 209 g/mol. The van der Waals surface area contributed by atoms with Crippen LogP contribution in [-0.2, 0) is 0 Å². The van der Waals surface area contributed by atoms with Crippen LogP contribution in [0.4, 0.5) is 4.39 Å². The Morgan fingerprint density at radius 2 is 2.06 bits per heavy atom. The van der Waals surface area contributed by atoms with Gasteiger partial charge in [0.05, 0.1) is 0 Å². The van der Waals surface area contributed by atoms with Crippen molar-refractivity contribution in [2.24, 2.45) is 0 Å².